The first-order valence-electron chi connectivity index (χ1n) is 6.12. The lowest BCUT2D eigenvalue weighted by Gasteiger charge is -2.05. The highest BCUT2D eigenvalue weighted by molar-refractivity contribution is 6.30. The molecule has 2 aromatic rings. The fourth-order valence-corrected chi connectivity index (χ4v) is 1.72. The van der Waals surface area contributed by atoms with Gasteiger partial charge in [0.05, 0.1) is 11.8 Å². The predicted molar refractivity (Wildman–Crippen MR) is 78.0 cm³/mol. The van der Waals surface area contributed by atoms with Gasteiger partial charge in [0.15, 0.2) is 0 Å². The van der Waals surface area contributed by atoms with Gasteiger partial charge in [0.1, 0.15) is 0 Å². The molecule has 1 N–H and O–H groups in total. The first kappa shape index (κ1) is 16.0. The van der Waals surface area contributed by atoms with Crippen LogP contribution in [0.15, 0.2) is 53.6 Å². The number of carbonyl (C=O) groups excluding carboxylic acids is 1. The van der Waals surface area contributed by atoms with Gasteiger partial charge in [-0.2, -0.15) is 18.3 Å². The molecular weight excluding hydrogens is 317 g/mol. The number of alkyl halides is 3. The van der Waals surface area contributed by atoms with Gasteiger partial charge < -0.3 is 0 Å². The smallest absolute Gasteiger partial charge is 0.267 e. The van der Waals surface area contributed by atoms with Gasteiger partial charge in [-0.15, -0.1) is 0 Å². The van der Waals surface area contributed by atoms with Crippen LogP contribution in [0, 0.1) is 0 Å². The van der Waals surface area contributed by atoms with Crippen molar-refractivity contribution < 1.29 is 18.0 Å². The maximum atomic E-state index is 12.4. The van der Waals surface area contributed by atoms with Crippen LogP contribution in [-0.2, 0) is 6.18 Å². The number of amides is 1. The molecule has 1 amide bonds. The van der Waals surface area contributed by atoms with Crippen molar-refractivity contribution in [2.45, 2.75) is 6.18 Å². The zero-order valence-electron chi connectivity index (χ0n) is 11.1. The van der Waals surface area contributed by atoms with Crippen LogP contribution in [0.4, 0.5) is 13.2 Å². The summed E-state index contributed by atoms with van der Waals surface area (Å²) >= 11 is 5.70. The van der Waals surface area contributed by atoms with Crippen molar-refractivity contribution >= 4 is 23.7 Å². The summed E-state index contributed by atoms with van der Waals surface area (Å²) in [6.07, 6.45) is -3.12. The lowest BCUT2D eigenvalue weighted by atomic mass is 10.1. The molecule has 114 valence electrons. The van der Waals surface area contributed by atoms with Crippen molar-refractivity contribution in [1.29, 1.82) is 0 Å². The first-order chi connectivity index (χ1) is 10.4. The molecule has 0 aliphatic carbocycles. The Morgan fingerprint density at radius 1 is 1.05 bits per heavy atom. The number of halogens is 4. The fourth-order valence-electron chi connectivity index (χ4n) is 1.59. The van der Waals surface area contributed by atoms with Crippen molar-refractivity contribution in [2.75, 3.05) is 0 Å². The maximum absolute atomic E-state index is 12.4. The van der Waals surface area contributed by atoms with Crippen LogP contribution in [0.25, 0.3) is 0 Å². The number of nitrogens with zero attached hydrogens (tertiary/aromatic N) is 1. The van der Waals surface area contributed by atoms with Gasteiger partial charge in [-0.3, -0.25) is 4.79 Å². The Balaban J connectivity index is 1.97. The van der Waals surface area contributed by atoms with E-state index in [-0.39, 0.29) is 0 Å². The van der Waals surface area contributed by atoms with E-state index in [2.05, 4.69) is 10.5 Å². The van der Waals surface area contributed by atoms with E-state index >= 15 is 0 Å². The summed E-state index contributed by atoms with van der Waals surface area (Å²) in [7, 11) is 0. The third-order valence-electron chi connectivity index (χ3n) is 2.72. The minimum Gasteiger partial charge on any atom is -0.267 e. The Bertz CT molecular complexity index is 679. The number of hydrazone groups is 1. The molecule has 2 aromatic carbocycles. The van der Waals surface area contributed by atoms with Crippen LogP contribution < -0.4 is 5.43 Å². The Morgan fingerprint density at radius 3 is 2.18 bits per heavy atom. The molecule has 0 fully saturated rings. The lowest BCUT2D eigenvalue weighted by Crippen LogP contribution is -2.17. The van der Waals surface area contributed by atoms with E-state index < -0.39 is 17.6 Å². The molecule has 0 aliphatic heterocycles. The summed E-state index contributed by atoms with van der Waals surface area (Å²) in [5.41, 5.74) is 2.34. The van der Waals surface area contributed by atoms with Crippen LogP contribution in [0.3, 0.4) is 0 Å². The number of nitrogens with one attached hydrogen (secondary N) is 1. The fraction of sp³-hybridized carbons (Fsp3) is 0.0667. The van der Waals surface area contributed by atoms with Crippen molar-refractivity contribution in [3.63, 3.8) is 0 Å². The third-order valence-corrected chi connectivity index (χ3v) is 2.98. The predicted octanol–water partition coefficient (Wildman–Crippen LogP) is 4.12. The number of carbonyl (C=O) groups is 1. The molecule has 0 saturated carbocycles. The van der Waals surface area contributed by atoms with E-state index in [4.69, 9.17) is 11.6 Å². The molecule has 22 heavy (non-hydrogen) atoms. The number of rotatable bonds is 3. The largest absolute Gasteiger partial charge is 0.416 e. The molecule has 7 heteroatoms. The van der Waals surface area contributed by atoms with Crippen LogP contribution in [-0.4, -0.2) is 12.1 Å². The standard InChI is InChI=1S/C15H10ClF3N2O/c16-13-7-3-11(4-8-13)14(22)21-20-9-10-1-5-12(6-2-10)15(17,18)19/h1-9H,(H,21,22)/b20-9+. The van der Waals surface area contributed by atoms with Gasteiger partial charge in [0.2, 0.25) is 0 Å². The SMILES string of the molecule is O=C(N/N=C/c1ccc(C(F)(F)F)cc1)c1ccc(Cl)cc1. The molecule has 0 aliphatic rings. The monoisotopic (exact) mass is 326 g/mol. The van der Waals surface area contributed by atoms with E-state index in [0.29, 0.717) is 16.1 Å². The lowest BCUT2D eigenvalue weighted by molar-refractivity contribution is -0.137. The topological polar surface area (TPSA) is 41.5 Å². The molecule has 0 aromatic heterocycles. The number of hydrogen-bond donors (Lipinski definition) is 1. The van der Waals surface area contributed by atoms with E-state index in [9.17, 15) is 18.0 Å². The zero-order valence-corrected chi connectivity index (χ0v) is 11.8. The highest BCUT2D eigenvalue weighted by Gasteiger charge is 2.29. The van der Waals surface area contributed by atoms with Crippen molar-refractivity contribution in [1.82, 2.24) is 5.43 Å². The molecule has 0 unspecified atom stereocenters. The Morgan fingerprint density at radius 2 is 1.64 bits per heavy atom. The third kappa shape index (κ3) is 4.33. The van der Waals surface area contributed by atoms with Crippen molar-refractivity contribution in [3.8, 4) is 0 Å². The highest BCUT2D eigenvalue weighted by Crippen LogP contribution is 2.28. The second-order valence-corrected chi connectivity index (χ2v) is 4.76. The average molecular weight is 327 g/mol. The number of hydrogen-bond acceptors (Lipinski definition) is 2. The van der Waals surface area contributed by atoms with Gasteiger partial charge in [0.25, 0.3) is 5.91 Å². The van der Waals surface area contributed by atoms with Crippen LogP contribution >= 0.6 is 11.6 Å². The molecule has 3 nitrogen and oxygen atoms in total. The summed E-state index contributed by atoms with van der Waals surface area (Å²) in [5, 5.41) is 4.20. The average Bonchev–Trinajstić information content (AvgIpc) is 2.47. The van der Waals surface area contributed by atoms with Crippen molar-refractivity contribution in [3.05, 3.63) is 70.2 Å². The zero-order chi connectivity index (χ0) is 16.2. The summed E-state index contributed by atoms with van der Waals surface area (Å²) in [6.45, 7) is 0. The van der Waals surface area contributed by atoms with Gasteiger partial charge in [-0.1, -0.05) is 23.7 Å². The quantitative estimate of drug-likeness (QED) is 0.669. The van der Waals surface area contributed by atoms with E-state index in [1.54, 1.807) is 12.1 Å². The minimum atomic E-state index is -4.38. The van der Waals surface area contributed by atoms with Crippen molar-refractivity contribution in [2.24, 2.45) is 5.10 Å². The summed E-state index contributed by atoms with van der Waals surface area (Å²) in [5.74, 6) is -0.445. The second kappa shape index (κ2) is 6.62. The van der Waals surface area contributed by atoms with Crippen LogP contribution in [0.2, 0.25) is 5.02 Å². The Kier molecular flexibility index (Phi) is 4.82. The maximum Gasteiger partial charge on any atom is 0.416 e. The van der Waals surface area contributed by atoms with Crippen LogP contribution in [0.1, 0.15) is 21.5 Å². The Hall–Kier alpha value is -2.34. The number of benzene rings is 2. The molecule has 0 radical (unpaired) electrons. The van der Waals surface area contributed by atoms with Crippen LogP contribution in [0.5, 0.6) is 0 Å². The van der Waals surface area contributed by atoms with E-state index in [1.807, 2.05) is 0 Å². The molecule has 0 spiro atoms. The highest BCUT2D eigenvalue weighted by atomic mass is 35.5. The van der Waals surface area contributed by atoms with E-state index in [0.717, 1.165) is 12.1 Å². The molecule has 0 saturated heterocycles. The summed E-state index contributed by atoms with van der Waals surface area (Å²) in [6, 6.07) is 10.6. The van der Waals surface area contributed by atoms with E-state index in [1.165, 1.54) is 30.5 Å². The molecular formula is C15H10ClF3N2O. The molecule has 0 heterocycles. The summed E-state index contributed by atoms with van der Waals surface area (Å²) in [4.78, 5) is 11.7. The molecule has 2 rings (SSSR count). The van der Waals surface area contributed by atoms with Gasteiger partial charge in [-0.05, 0) is 42.0 Å². The molecule has 0 bridgehead atoms. The second-order valence-electron chi connectivity index (χ2n) is 4.33. The molecule has 0 atom stereocenters. The Labute approximate surface area is 129 Å². The first-order valence-corrected chi connectivity index (χ1v) is 6.50. The minimum absolute atomic E-state index is 0.369. The van der Waals surface area contributed by atoms with Gasteiger partial charge in [-0.25, -0.2) is 5.43 Å². The normalized spacial score (nSPS) is 11.6. The van der Waals surface area contributed by atoms with Gasteiger partial charge >= 0.3 is 6.18 Å². The van der Waals surface area contributed by atoms with Gasteiger partial charge in [0, 0.05) is 10.6 Å². The summed E-state index contributed by atoms with van der Waals surface area (Å²) < 4.78 is 37.2.